The zero-order valence-corrected chi connectivity index (χ0v) is 10.5. The average molecular weight is 264 g/mol. The van der Waals surface area contributed by atoms with Crippen LogP contribution in [0.25, 0.3) is 0 Å². The molecule has 0 aromatic heterocycles. The topological polar surface area (TPSA) is 119 Å². The molecule has 0 fully saturated rings. The Morgan fingerprint density at radius 3 is 2.50 bits per heavy atom. The van der Waals surface area contributed by atoms with E-state index >= 15 is 0 Å². The van der Waals surface area contributed by atoms with Gasteiger partial charge < -0.3 is 30.3 Å². The molecule has 0 aliphatic heterocycles. The summed E-state index contributed by atoms with van der Waals surface area (Å²) in [6.07, 6.45) is 0. The van der Waals surface area contributed by atoms with E-state index in [1.807, 2.05) is 0 Å². The van der Waals surface area contributed by atoms with Crippen LogP contribution in [0.15, 0.2) is 0 Å². The van der Waals surface area contributed by atoms with Crippen molar-refractivity contribution in [3.8, 4) is 0 Å². The van der Waals surface area contributed by atoms with Crippen LogP contribution in [0.3, 0.4) is 0 Å². The van der Waals surface area contributed by atoms with E-state index in [2.05, 4.69) is 5.32 Å². The summed E-state index contributed by atoms with van der Waals surface area (Å²) in [5.74, 6) is -1.41. The molecule has 0 aromatic rings. The van der Waals surface area contributed by atoms with Crippen LogP contribution in [0.5, 0.6) is 0 Å². The predicted molar refractivity (Wildman–Crippen MR) is 62.2 cm³/mol. The highest BCUT2D eigenvalue weighted by Gasteiger charge is 2.30. The molecule has 1 atom stereocenters. The Kier molecular flexibility index (Phi) is 7.25. The van der Waals surface area contributed by atoms with E-state index in [1.165, 1.54) is 11.9 Å². The van der Waals surface area contributed by atoms with Crippen LogP contribution in [0, 0.1) is 0 Å². The fourth-order valence-corrected chi connectivity index (χ4v) is 0.928. The SMILES string of the molecule is CN(CCOCCO)C(=O)NCC(C)(O)C(=O)O. The number of nitrogens with one attached hydrogen (secondary N) is 1. The molecule has 1 unspecified atom stereocenters. The fourth-order valence-electron chi connectivity index (χ4n) is 0.928. The van der Waals surface area contributed by atoms with E-state index in [9.17, 15) is 14.7 Å². The number of carbonyl (C=O) groups excluding carboxylic acids is 1. The molecule has 18 heavy (non-hydrogen) atoms. The third-order valence-corrected chi connectivity index (χ3v) is 2.20. The van der Waals surface area contributed by atoms with Crippen molar-refractivity contribution in [3.63, 3.8) is 0 Å². The maximum absolute atomic E-state index is 11.5. The number of nitrogens with zero attached hydrogens (tertiary/aromatic N) is 1. The summed E-state index contributed by atoms with van der Waals surface area (Å²) in [6, 6.07) is -0.510. The van der Waals surface area contributed by atoms with Crippen molar-refractivity contribution >= 4 is 12.0 Å². The molecule has 4 N–H and O–H groups in total. The van der Waals surface area contributed by atoms with Crippen LogP contribution in [-0.2, 0) is 9.53 Å². The first-order valence-electron chi connectivity index (χ1n) is 5.44. The first kappa shape index (κ1) is 16.6. The first-order valence-corrected chi connectivity index (χ1v) is 5.44. The molecule has 106 valence electrons. The number of likely N-dealkylation sites (N-methyl/N-ethyl adjacent to an activating group) is 1. The standard InChI is InChI=1S/C10H20N2O6/c1-10(17,8(14)15)7-11-9(16)12(2)3-5-18-6-4-13/h13,17H,3-7H2,1-2H3,(H,11,16)(H,14,15). The van der Waals surface area contributed by atoms with E-state index in [1.54, 1.807) is 0 Å². The maximum atomic E-state index is 11.5. The molecule has 0 saturated carbocycles. The Morgan fingerprint density at radius 1 is 1.39 bits per heavy atom. The lowest BCUT2D eigenvalue weighted by atomic mass is 10.1. The molecule has 0 aliphatic rings. The quantitative estimate of drug-likeness (QED) is 0.395. The number of rotatable bonds is 8. The second-order valence-corrected chi connectivity index (χ2v) is 4.00. The Bertz CT molecular complexity index is 282. The molecule has 0 heterocycles. The number of aliphatic hydroxyl groups is 2. The van der Waals surface area contributed by atoms with Crippen molar-refractivity contribution in [1.82, 2.24) is 10.2 Å². The summed E-state index contributed by atoms with van der Waals surface area (Å²) in [5, 5.41) is 28.8. The molecule has 0 saturated heterocycles. The third kappa shape index (κ3) is 6.38. The molecule has 0 spiro atoms. The van der Waals surface area contributed by atoms with Gasteiger partial charge in [0.25, 0.3) is 0 Å². The highest BCUT2D eigenvalue weighted by molar-refractivity contribution is 5.79. The first-order chi connectivity index (χ1) is 8.31. The second-order valence-electron chi connectivity index (χ2n) is 4.00. The Labute approximate surface area is 105 Å². The van der Waals surface area contributed by atoms with Gasteiger partial charge in [-0.2, -0.15) is 0 Å². The number of urea groups is 1. The van der Waals surface area contributed by atoms with E-state index in [0.29, 0.717) is 6.54 Å². The van der Waals surface area contributed by atoms with Gasteiger partial charge in [0, 0.05) is 13.6 Å². The maximum Gasteiger partial charge on any atom is 0.337 e. The van der Waals surface area contributed by atoms with Crippen LogP contribution in [0.2, 0.25) is 0 Å². The number of aliphatic hydroxyl groups excluding tert-OH is 1. The zero-order chi connectivity index (χ0) is 14.2. The monoisotopic (exact) mass is 264 g/mol. The van der Waals surface area contributed by atoms with Crippen molar-refractivity contribution in [2.24, 2.45) is 0 Å². The van der Waals surface area contributed by atoms with Gasteiger partial charge >= 0.3 is 12.0 Å². The molecule has 0 bridgehead atoms. The lowest BCUT2D eigenvalue weighted by Gasteiger charge is -2.22. The third-order valence-electron chi connectivity index (χ3n) is 2.20. The van der Waals surface area contributed by atoms with Gasteiger partial charge in [0.2, 0.25) is 0 Å². The molecule has 2 amide bonds. The smallest absolute Gasteiger partial charge is 0.337 e. The van der Waals surface area contributed by atoms with Crippen LogP contribution in [0.4, 0.5) is 4.79 Å². The lowest BCUT2D eigenvalue weighted by Crippen LogP contribution is -2.49. The van der Waals surface area contributed by atoms with Gasteiger partial charge in [-0.15, -0.1) is 0 Å². The minimum Gasteiger partial charge on any atom is -0.479 e. The van der Waals surface area contributed by atoms with Gasteiger partial charge in [0.05, 0.1) is 26.4 Å². The molecule has 0 rings (SSSR count). The zero-order valence-electron chi connectivity index (χ0n) is 10.5. The largest absolute Gasteiger partial charge is 0.479 e. The molecular weight excluding hydrogens is 244 g/mol. The number of carboxylic acid groups (broad SMARTS) is 1. The van der Waals surface area contributed by atoms with Gasteiger partial charge in [0.15, 0.2) is 5.60 Å². The van der Waals surface area contributed by atoms with E-state index < -0.39 is 17.6 Å². The van der Waals surface area contributed by atoms with Crippen LogP contribution >= 0.6 is 0 Å². The molecule has 0 aromatic carbocycles. The second kappa shape index (κ2) is 7.85. The van der Waals surface area contributed by atoms with E-state index in [0.717, 1.165) is 6.92 Å². The van der Waals surface area contributed by atoms with Gasteiger partial charge in [0.1, 0.15) is 0 Å². The van der Waals surface area contributed by atoms with Crippen LogP contribution < -0.4 is 5.32 Å². The highest BCUT2D eigenvalue weighted by Crippen LogP contribution is 2.01. The predicted octanol–water partition coefficient (Wildman–Crippen LogP) is -1.53. The number of ether oxygens (including phenoxy) is 1. The normalized spacial score (nSPS) is 13.8. The number of carbonyl (C=O) groups is 2. The Morgan fingerprint density at radius 2 is 2.00 bits per heavy atom. The molecule has 0 radical (unpaired) electrons. The van der Waals surface area contributed by atoms with Crippen molar-refractivity contribution in [3.05, 3.63) is 0 Å². The number of carboxylic acids is 1. The van der Waals surface area contributed by atoms with Gasteiger partial charge in [-0.1, -0.05) is 0 Å². The minimum atomic E-state index is -2.00. The number of hydrogen-bond acceptors (Lipinski definition) is 5. The summed E-state index contributed by atoms with van der Waals surface area (Å²) in [5.41, 5.74) is -2.00. The van der Waals surface area contributed by atoms with Crippen molar-refractivity contribution in [2.45, 2.75) is 12.5 Å². The van der Waals surface area contributed by atoms with Crippen LogP contribution in [0.1, 0.15) is 6.92 Å². The molecule has 8 heteroatoms. The summed E-state index contributed by atoms with van der Waals surface area (Å²) in [4.78, 5) is 23.4. The van der Waals surface area contributed by atoms with Crippen molar-refractivity contribution < 1.29 is 29.6 Å². The molecule has 8 nitrogen and oxygen atoms in total. The average Bonchev–Trinajstić information content (AvgIpc) is 2.31. The Hall–Kier alpha value is -1.38. The molecule has 0 aliphatic carbocycles. The van der Waals surface area contributed by atoms with Crippen LogP contribution in [-0.4, -0.2) is 77.8 Å². The minimum absolute atomic E-state index is 0.0859. The summed E-state index contributed by atoms with van der Waals surface area (Å²) in [7, 11) is 1.51. The highest BCUT2D eigenvalue weighted by atomic mass is 16.5. The van der Waals surface area contributed by atoms with E-state index in [-0.39, 0.29) is 26.4 Å². The summed E-state index contributed by atoms with van der Waals surface area (Å²) in [6.45, 7) is 1.38. The van der Waals surface area contributed by atoms with Crippen molar-refractivity contribution in [1.29, 1.82) is 0 Å². The summed E-state index contributed by atoms with van der Waals surface area (Å²) < 4.78 is 4.97. The van der Waals surface area contributed by atoms with E-state index in [4.69, 9.17) is 14.9 Å². The van der Waals surface area contributed by atoms with Gasteiger partial charge in [-0.25, -0.2) is 9.59 Å². The Balaban J connectivity index is 3.91. The summed E-state index contributed by atoms with van der Waals surface area (Å²) >= 11 is 0. The lowest BCUT2D eigenvalue weighted by molar-refractivity contribution is -0.155. The number of aliphatic carboxylic acids is 1. The number of hydrogen-bond donors (Lipinski definition) is 4. The van der Waals surface area contributed by atoms with Gasteiger partial charge in [-0.05, 0) is 6.92 Å². The van der Waals surface area contributed by atoms with Crippen molar-refractivity contribution in [2.75, 3.05) is 40.0 Å². The fraction of sp³-hybridized carbons (Fsp3) is 0.800. The number of amides is 2. The molecular formula is C10H20N2O6. The van der Waals surface area contributed by atoms with Gasteiger partial charge in [-0.3, -0.25) is 0 Å².